The summed E-state index contributed by atoms with van der Waals surface area (Å²) in [7, 11) is 1.30. The Hall–Kier alpha value is -5.08. The predicted molar refractivity (Wildman–Crippen MR) is 180 cm³/mol. The lowest BCUT2D eigenvalue weighted by atomic mass is 9.57. The van der Waals surface area contributed by atoms with Crippen LogP contribution < -0.4 is 14.5 Å². The smallest absolute Gasteiger partial charge is 0.258 e. The van der Waals surface area contributed by atoms with Crippen molar-refractivity contribution in [3.63, 3.8) is 0 Å². The number of anilines is 2. The number of nitrogens with zero attached hydrogens (tertiary/aromatic N) is 2. The minimum absolute atomic E-state index is 0.0494. The molecular weight excluding hydrogens is 750 g/mol. The van der Waals surface area contributed by atoms with Crippen LogP contribution in [0.1, 0.15) is 35.7 Å². The van der Waals surface area contributed by atoms with E-state index >= 15 is 8.78 Å². The van der Waals surface area contributed by atoms with Crippen molar-refractivity contribution in [2.24, 2.45) is 23.7 Å². The number of hydrogen-bond acceptors (Lipinski definition) is 7. The van der Waals surface area contributed by atoms with Gasteiger partial charge in [0.25, 0.3) is 11.8 Å². The van der Waals surface area contributed by atoms with Crippen LogP contribution in [0.25, 0.3) is 6.08 Å². The summed E-state index contributed by atoms with van der Waals surface area (Å²) >= 11 is 14.2. The molecule has 3 aromatic rings. The van der Waals surface area contributed by atoms with Gasteiger partial charge in [0.15, 0.2) is 50.3 Å². The quantitative estimate of drug-likeness (QED) is 0.0569. The van der Waals surface area contributed by atoms with Crippen LogP contribution in [0.4, 0.5) is 33.3 Å². The standard InChI is InChI=1S/C37H25Cl2F5N2O7/c1-15(47)17-5-7-18(8-6-17)45-32(49)20-10-9-19-21(25(20)33(45)50)14-36(38)34(51)46(31-29(43)27(41)26(40)28(42)30(31)44)35(52)37(36,39)22(19)11-3-16-4-12-23(48)24(13-16)53-2/h3-9,11-13,20-22,25,48H,10,14H2,1-2H3/t20-,21+,22-,25-,36+,37-/m0/s1. The number of carbonyl (C=O) groups excluding carboxylic acids is 5. The zero-order chi connectivity index (χ0) is 38.5. The van der Waals surface area contributed by atoms with Crippen molar-refractivity contribution in [2.45, 2.75) is 29.5 Å². The topological polar surface area (TPSA) is 121 Å². The zero-order valence-electron chi connectivity index (χ0n) is 27.4. The summed E-state index contributed by atoms with van der Waals surface area (Å²) in [6.07, 6.45) is 3.60. The number of alkyl halides is 2. The molecule has 2 aliphatic carbocycles. The van der Waals surface area contributed by atoms with Crippen molar-refractivity contribution in [3.8, 4) is 11.5 Å². The van der Waals surface area contributed by atoms with E-state index in [0.717, 1.165) is 4.90 Å². The Bertz CT molecular complexity index is 2220. The first-order valence-corrected chi connectivity index (χ1v) is 16.8. The highest BCUT2D eigenvalue weighted by Gasteiger charge is 2.76. The predicted octanol–water partition coefficient (Wildman–Crippen LogP) is 6.61. The molecule has 3 fully saturated rings. The van der Waals surface area contributed by atoms with Crippen LogP contribution in [0.3, 0.4) is 0 Å². The molecule has 1 N–H and O–H groups in total. The van der Waals surface area contributed by atoms with Gasteiger partial charge >= 0.3 is 0 Å². The maximum atomic E-state index is 15.2. The maximum Gasteiger partial charge on any atom is 0.258 e. The van der Waals surface area contributed by atoms with Gasteiger partial charge in [-0.1, -0.05) is 29.9 Å². The number of ketones is 1. The largest absolute Gasteiger partial charge is 0.504 e. The molecule has 16 heteroatoms. The number of fused-ring (bicyclic) bond motifs is 4. The van der Waals surface area contributed by atoms with E-state index in [4.69, 9.17) is 27.9 Å². The van der Waals surface area contributed by atoms with Gasteiger partial charge in [-0.3, -0.25) is 28.9 Å². The summed E-state index contributed by atoms with van der Waals surface area (Å²) in [4.78, 5) is 63.8. The fraction of sp³-hybridized carbons (Fsp3) is 0.270. The summed E-state index contributed by atoms with van der Waals surface area (Å²) in [5.41, 5.74) is -0.773. The van der Waals surface area contributed by atoms with E-state index in [-0.39, 0.29) is 39.9 Å². The Labute approximate surface area is 307 Å². The molecule has 0 bridgehead atoms. The average molecular weight is 776 g/mol. The third-order valence-corrected chi connectivity index (χ3v) is 11.9. The van der Waals surface area contributed by atoms with Crippen LogP contribution in [0.2, 0.25) is 0 Å². The van der Waals surface area contributed by atoms with Crippen molar-refractivity contribution < 1.29 is 55.8 Å². The maximum absolute atomic E-state index is 15.2. The number of Topliss-reactive ketones (excluding diaryl/α,β-unsaturated/α-hetero) is 1. The first-order valence-electron chi connectivity index (χ1n) is 16.0. The van der Waals surface area contributed by atoms with Crippen molar-refractivity contribution in [1.29, 1.82) is 0 Å². The monoisotopic (exact) mass is 774 g/mol. The van der Waals surface area contributed by atoms with E-state index in [2.05, 4.69) is 0 Å². The van der Waals surface area contributed by atoms with Gasteiger partial charge in [0.1, 0.15) is 5.69 Å². The Balaban J connectivity index is 1.38. The number of hydrogen-bond donors (Lipinski definition) is 1. The molecule has 3 aromatic carbocycles. The third-order valence-electron chi connectivity index (χ3n) is 10.5. The number of benzene rings is 3. The van der Waals surface area contributed by atoms with Gasteiger partial charge in [0.2, 0.25) is 17.6 Å². The molecule has 6 atom stereocenters. The number of carbonyl (C=O) groups is 5. The van der Waals surface area contributed by atoms with E-state index in [0.29, 0.717) is 11.1 Å². The lowest BCUT2D eigenvalue weighted by Gasteiger charge is -2.49. The number of ether oxygens (including phenoxy) is 1. The van der Waals surface area contributed by atoms with Crippen LogP contribution >= 0.6 is 23.2 Å². The number of methoxy groups -OCH3 is 1. The number of imide groups is 2. The lowest BCUT2D eigenvalue weighted by Crippen LogP contribution is -2.60. The van der Waals surface area contributed by atoms with Crippen molar-refractivity contribution in [2.75, 3.05) is 16.9 Å². The van der Waals surface area contributed by atoms with Crippen LogP contribution in [0.5, 0.6) is 11.5 Å². The molecule has 4 aliphatic rings. The first-order chi connectivity index (χ1) is 25.0. The minimum Gasteiger partial charge on any atom is -0.504 e. The first kappa shape index (κ1) is 36.3. The molecule has 2 heterocycles. The van der Waals surface area contributed by atoms with Gasteiger partial charge in [-0.2, -0.15) is 0 Å². The third kappa shape index (κ3) is 4.98. The van der Waals surface area contributed by atoms with E-state index in [9.17, 15) is 42.3 Å². The number of phenols is 1. The number of amides is 4. The second-order valence-corrected chi connectivity index (χ2v) is 14.4. The summed E-state index contributed by atoms with van der Waals surface area (Å²) < 4.78 is 78.5. The molecule has 2 saturated heterocycles. The molecule has 0 unspecified atom stereocenters. The van der Waals surface area contributed by atoms with Gasteiger partial charge in [-0.05, 0) is 67.6 Å². The SMILES string of the molecule is COc1cc(C=C[C@H]2C3=CC[C@@H]4C(=O)N(c5ccc(C(C)=O)cc5)C(=O)[C@@H]4[C@@H]3C[C@@]3(Cl)C(=O)N(c4c(F)c(F)c(F)c(F)c4F)C(=O)[C@@]23Cl)ccc1O. The molecule has 274 valence electrons. The second kappa shape index (κ2) is 12.5. The normalized spacial score (nSPS) is 28.0. The molecular formula is C37H25Cl2F5N2O7. The van der Waals surface area contributed by atoms with Crippen LogP contribution in [-0.4, -0.2) is 51.4 Å². The Morgan fingerprint density at radius 1 is 0.868 bits per heavy atom. The van der Waals surface area contributed by atoms with Gasteiger partial charge < -0.3 is 9.84 Å². The van der Waals surface area contributed by atoms with Crippen LogP contribution in [0.15, 0.2) is 60.2 Å². The zero-order valence-corrected chi connectivity index (χ0v) is 28.9. The van der Waals surface area contributed by atoms with E-state index < -0.39 is 98.2 Å². The van der Waals surface area contributed by atoms with Gasteiger partial charge in [0.05, 0.1) is 24.6 Å². The van der Waals surface area contributed by atoms with Crippen molar-refractivity contribution in [1.82, 2.24) is 0 Å². The molecule has 53 heavy (non-hydrogen) atoms. The van der Waals surface area contributed by atoms with Crippen LogP contribution in [0, 0.1) is 52.8 Å². The lowest BCUT2D eigenvalue weighted by molar-refractivity contribution is -0.125. The van der Waals surface area contributed by atoms with Gasteiger partial charge in [-0.15, -0.1) is 23.2 Å². The molecule has 0 radical (unpaired) electrons. The molecule has 0 aromatic heterocycles. The molecule has 7 rings (SSSR count). The Morgan fingerprint density at radius 3 is 2.09 bits per heavy atom. The summed E-state index contributed by atoms with van der Waals surface area (Å²) in [6.45, 7) is 1.34. The second-order valence-electron chi connectivity index (χ2n) is 13.1. The molecule has 1 saturated carbocycles. The van der Waals surface area contributed by atoms with E-state index in [1.807, 2.05) is 0 Å². The van der Waals surface area contributed by atoms with E-state index in [1.165, 1.54) is 68.7 Å². The Kier molecular flexibility index (Phi) is 8.57. The highest BCUT2D eigenvalue weighted by molar-refractivity contribution is 6.58. The fourth-order valence-corrected chi connectivity index (χ4v) is 8.81. The molecule has 2 aliphatic heterocycles. The highest BCUT2D eigenvalue weighted by Crippen LogP contribution is 2.64. The van der Waals surface area contributed by atoms with Gasteiger partial charge in [0, 0.05) is 11.5 Å². The molecule has 9 nitrogen and oxygen atoms in total. The fourth-order valence-electron chi connectivity index (χ4n) is 7.92. The van der Waals surface area contributed by atoms with Crippen molar-refractivity contribution in [3.05, 3.63) is 100 Å². The number of halogens is 7. The van der Waals surface area contributed by atoms with Gasteiger partial charge in [-0.25, -0.2) is 26.9 Å². The minimum atomic E-state index is -2.67. The number of allylic oxidation sites excluding steroid dienone is 3. The Morgan fingerprint density at radius 2 is 1.49 bits per heavy atom. The summed E-state index contributed by atoms with van der Waals surface area (Å²) in [5.74, 6) is -22.0. The average Bonchev–Trinajstić information content (AvgIpc) is 3.48. The summed E-state index contributed by atoms with van der Waals surface area (Å²) in [5, 5.41) is 10.1. The number of phenolic OH excluding ortho intramolecular Hbond substituents is 1. The summed E-state index contributed by atoms with van der Waals surface area (Å²) in [6, 6.07) is 9.88. The van der Waals surface area contributed by atoms with Crippen molar-refractivity contribution >= 4 is 70.1 Å². The molecule has 0 spiro atoms. The number of rotatable bonds is 6. The van der Waals surface area contributed by atoms with Crippen LogP contribution in [-0.2, 0) is 19.2 Å². The highest BCUT2D eigenvalue weighted by atomic mass is 35.5. The molecule has 4 amide bonds. The van der Waals surface area contributed by atoms with E-state index in [1.54, 1.807) is 6.08 Å². The number of aromatic hydroxyl groups is 1.